The van der Waals surface area contributed by atoms with Gasteiger partial charge in [0.2, 0.25) is 5.91 Å². The number of hydrogen-bond acceptors (Lipinski definition) is 4. The highest BCUT2D eigenvalue weighted by Gasteiger charge is 2.22. The van der Waals surface area contributed by atoms with Crippen molar-refractivity contribution in [1.82, 2.24) is 14.8 Å². The lowest BCUT2D eigenvalue weighted by Gasteiger charge is -2.34. The Hall–Kier alpha value is -2.76. The maximum absolute atomic E-state index is 12.9. The highest BCUT2D eigenvalue weighted by atomic mass is 32.1. The summed E-state index contributed by atoms with van der Waals surface area (Å²) in [6.07, 6.45) is 0.471. The number of piperazine rings is 1. The van der Waals surface area contributed by atoms with E-state index in [1.807, 2.05) is 29.2 Å². The zero-order valence-corrected chi connectivity index (χ0v) is 17.1. The fraction of sp³-hybridized carbons (Fsp3) is 0.250. The molecular formula is C24H23N3OS. The van der Waals surface area contributed by atoms with Crippen LogP contribution in [-0.2, 0) is 17.8 Å². The van der Waals surface area contributed by atoms with Crippen molar-refractivity contribution in [3.8, 4) is 0 Å². The van der Waals surface area contributed by atoms with Crippen molar-refractivity contribution in [3.63, 3.8) is 0 Å². The summed E-state index contributed by atoms with van der Waals surface area (Å²) in [6.45, 7) is 4.24. The van der Waals surface area contributed by atoms with Gasteiger partial charge in [-0.05, 0) is 28.5 Å². The smallest absolute Gasteiger partial charge is 0.227 e. The van der Waals surface area contributed by atoms with E-state index in [0.717, 1.165) is 48.8 Å². The number of hydrogen-bond donors (Lipinski definition) is 0. The highest BCUT2D eigenvalue weighted by Crippen LogP contribution is 2.23. The van der Waals surface area contributed by atoms with Crippen molar-refractivity contribution >= 4 is 38.2 Å². The average molecular weight is 402 g/mol. The number of amides is 1. The molecule has 29 heavy (non-hydrogen) atoms. The van der Waals surface area contributed by atoms with E-state index in [2.05, 4.69) is 47.4 Å². The van der Waals surface area contributed by atoms with Gasteiger partial charge >= 0.3 is 0 Å². The number of carbonyl (C=O) groups is 1. The topological polar surface area (TPSA) is 36.4 Å². The maximum Gasteiger partial charge on any atom is 0.227 e. The van der Waals surface area contributed by atoms with Crippen molar-refractivity contribution in [2.45, 2.75) is 13.0 Å². The van der Waals surface area contributed by atoms with Crippen LogP contribution in [0.3, 0.4) is 0 Å². The second-order valence-corrected chi connectivity index (χ2v) is 8.66. The summed E-state index contributed by atoms with van der Waals surface area (Å²) in [5.74, 6) is 0.223. The third kappa shape index (κ3) is 3.88. The van der Waals surface area contributed by atoms with Crippen LogP contribution >= 0.6 is 11.3 Å². The van der Waals surface area contributed by atoms with Crippen LogP contribution in [0.15, 0.2) is 66.7 Å². The summed E-state index contributed by atoms with van der Waals surface area (Å²) in [5, 5.41) is 3.53. The summed E-state index contributed by atoms with van der Waals surface area (Å²) in [5.41, 5.74) is 2.20. The fourth-order valence-electron chi connectivity index (χ4n) is 4.06. The first kappa shape index (κ1) is 18.3. The van der Waals surface area contributed by atoms with Gasteiger partial charge in [0.1, 0.15) is 5.01 Å². The van der Waals surface area contributed by atoms with E-state index in [-0.39, 0.29) is 5.91 Å². The second kappa shape index (κ2) is 7.93. The van der Waals surface area contributed by atoms with Gasteiger partial charge in [-0.3, -0.25) is 9.69 Å². The number of nitrogens with zero attached hydrogens (tertiary/aromatic N) is 3. The molecule has 3 aromatic carbocycles. The van der Waals surface area contributed by atoms with E-state index in [0.29, 0.717) is 6.42 Å². The van der Waals surface area contributed by atoms with Crippen LogP contribution in [0.2, 0.25) is 0 Å². The third-order valence-corrected chi connectivity index (χ3v) is 6.66. The lowest BCUT2D eigenvalue weighted by molar-refractivity contribution is -0.132. The minimum Gasteiger partial charge on any atom is -0.340 e. The van der Waals surface area contributed by atoms with E-state index < -0.39 is 0 Å². The molecule has 1 aliphatic heterocycles. The Morgan fingerprint density at radius 1 is 0.897 bits per heavy atom. The van der Waals surface area contributed by atoms with Crippen molar-refractivity contribution in [3.05, 3.63) is 77.3 Å². The maximum atomic E-state index is 12.9. The molecule has 0 aliphatic carbocycles. The van der Waals surface area contributed by atoms with Crippen LogP contribution < -0.4 is 0 Å². The number of rotatable bonds is 4. The molecule has 5 rings (SSSR count). The van der Waals surface area contributed by atoms with Crippen LogP contribution in [0.25, 0.3) is 21.0 Å². The number of fused-ring (bicyclic) bond motifs is 2. The van der Waals surface area contributed by atoms with E-state index >= 15 is 0 Å². The van der Waals surface area contributed by atoms with E-state index in [1.165, 1.54) is 15.5 Å². The summed E-state index contributed by atoms with van der Waals surface area (Å²) in [7, 11) is 0. The number of benzene rings is 3. The summed E-state index contributed by atoms with van der Waals surface area (Å²) < 4.78 is 1.24. The van der Waals surface area contributed by atoms with Crippen LogP contribution in [0.1, 0.15) is 10.6 Å². The zero-order valence-electron chi connectivity index (χ0n) is 16.3. The molecular weight excluding hydrogens is 378 g/mol. The van der Waals surface area contributed by atoms with E-state index in [4.69, 9.17) is 4.98 Å². The molecule has 1 amide bonds. The van der Waals surface area contributed by atoms with Gasteiger partial charge in [0.15, 0.2) is 0 Å². The molecule has 1 aromatic heterocycles. The Morgan fingerprint density at radius 2 is 1.66 bits per heavy atom. The molecule has 4 aromatic rings. The number of aromatic nitrogens is 1. The molecule has 0 saturated carbocycles. The largest absolute Gasteiger partial charge is 0.340 e. The molecule has 0 bridgehead atoms. The zero-order chi connectivity index (χ0) is 19.6. The predicted molar refractivity (Wildman–Crippen MR) is 119 cm³/mol. The molecule has 0 atom stereocenters. The number of carbonyl (C=O) groups excluding carboxylic acids is 1. The van der Waals surface area contributed by atoms with Gasteiger partial charge in [-0.2, -0.15) is 0 Å². The first-order valence-corrected chi connectivity index (χ1v) is 10.9. The highest BCUT2D eigenvalue weighted by molar-refractivity contribution is 7.18. The van der Waals surface area contributed by atoms with Crippen molar-refractivity contribution in [1.29, 1.82) is 0 Å². The van der Waals surface area contributed by atoms with Crippen molar-refractivity contribution in [2.75, 3.05) is 26.2 Å². The van der Waals surface area contributed by atoms with Gasteiger partial charge in [0.05, 0.1) is 23.2 Å². The quantitative estimate of drug-likeness (QED) is 0.511. The Balaban J connectivity index is 1.20. The first-order chi connectivity index (χ1) is 14.3. The molecule has 0 N–H and O–H groups in total. The Morgan fingerprint density at radius 3 is 2.52 bits per heavy atom. The van der Waals surface area contributed by atoms with Gasteiger partial charge in [-0.25, -0.2) is 4.98 Å². The molecule has 146 valence electrons. The van der Waals surface area contributed by atoms with Crippen LogP contribution in [0.5, 0.6) is 0 Å². The third-order valence-electron chi connectivity index (χ3n) is 5.64. The Labute approximate surface area is 174 Å². The molecule has 0 radical (unpaired) electrons. The standard InChI is InChI=1S/C24H23N3OS/c28-24(16-19-8-5-7-18-6-1-2-9-20(18)19)27-14-12-26(13-15-27)17-23-25-21-10-3-4-11-22(21)29-23/h1-11H,12-17H2. The van der Waals surface area contributed by atoms with Crippen LogP contribution in [0.4, 0.5) is 0 Å². The number of para-hydroxylation sites is 1. The summed E-state index contributed by atoms with van der Waals surface area (Å²) in [4.78, 5) is 22.0. The lowest BCUT2D eigenvalue weighted by Crippen LogP contribution is -2.48. The summed E-state index contributed by atoms with van der Waals surface area (Å²) in [6, 6.07) is 22.8. The van der Waals surface area contributed by atoms with Gasteiger partial charge in [0, 0.05) is 26.2 Å². The second-order valence-electron chi connectivity index (χ2n) is 7.55. The average Bonchev–Trinajstić information content (AvgIpc) is 3.17. The molecule has 1 saturated heterocycles. The minimum absolute atomic E-state index is 0.223. The van der Waals surface area contributed by atoms with Gasteiger partial charge in [0.25, 0.3) is 0 Å². The molecule has 0 unspecified atom stereocenters. The monoisotopic (exact) mass is 401 g/mol. The molecule has 2 heterocycles. The van der Waals surface area contributed by atoms with Gasteiger partial charge < -0.3 is 4.90 Å². The lowest BCUT2D eigenvalue weighted by atomic mass is 10.0. The molecule has 5 heteroatoms. The van der Waals surface area contributed by atoms with E-state index in [9.17, 15) is 4.79 Å². The van der Waals surface area contributed by atoms with Gasteiger partial charge in [-0.1, -0.05) is 54.6 Å². The Bertz CT molecular complexity index is 1120. The first-order valence-electron chi connectivity index (χ1n) is 10.1. The SMILES string of the molecule is O=C(Cc1cccc2ccccc12)N1CCN(Cc2nc3ccccc3s2)CC1. The molecule has 1 aliphatic rings. The van der Waals surface area contributed by atoms with Crippen LogP contribution in [-0.4, -0.2) is 46.9 Å². The van der Waals surface area contributed by atoms with Crippen LogP contribution in [0, 0.1) is 0 Å². The normalized spacial score (nSPS) is 15.2. The van der Waals surface area contributed by atoms with E-state index in [1.54, 1.807) is 11.3 Å². The minimum atomic E-state index is 0.223. The fourth-order valence-corrected chi connectivity index (χ4v) is 5.07. The predicted octanol–water partition coefficient (Wildman–Crippen LogP) is 4.34. The molecule has 0 spiro atoms. The number of thiazole rings is 1. The molecule has 1 fully saturated rings. The van der Waals surface area contributed by atoms with Gasteiger partial charge in [-0.15, -0.1) is 11.3 Å². The van der Waals surface area contributed by atoms with Crippen molar-refractivity contribution < 1.29 is 4.79 Å². The van der Waals surface area contributed by atoms with Crippen molar-refractivity contribution in [2.24, 2.45) is 0 Å². The molecule has 4 nitrogen and oxygen atoms in total. The Kier molecular flexibility index (Phi) is 5.00. The summed E-state index contributed by atoms with van der Waals surface area (Å²) >= 11 is 1.77.